The highest BCUT2D eigenvalue weighted by molar-refractivity contribution is 5.84. The molecule has 0 aliphatic rings. The van der Waals surface area contributed by atoms with Crippen LogP contribution in [0.25, 0.3) is 16.6 Å². The fourth-order valence-electron chi connectivity index (χ4n) is 1.93. The normalized spacial score (nSPS) is 9.33. The first-order valence-corrected chi connectivity index (χ1v) is 7.32. The number of anilines is 2. The van der Waals surface area contributed by atoms with Crippen molar-refractivity contribution >= 4 is 22.4 Å². The average Bonchev–Trinajstić information content (AvgIpc) is 2.95. The van der Waals surface area contributed by atoms with Crippen LogP contribution in [0, 0.1) is 0 Å². The lowest BCUT2D eigenvalue weighted by molar-refractivity contribution is 1.10. The molecular formula is C17H24N4. The van der Waals surface area contributed by atoms with Crippen LogP contribution >= 0.6 is 0 Å². The Balaban J connectivity index is 0.000000510. The monoisotopic (exact) mass is 284 g/mol. The molecule has 21 heavy (non-hydrogen) atoms. The van der Waals surface area contributed by atoms with Gasteiger partial charge in [-0.25, -0.2) is 4.98 Å². The third-order valence-corrected chi connectivity index (χ3v) is 2.76. The minimum atomic E-state index is 0.523. The van der Waals surface area contributed by atoms with Crippen molar-refractivity contribution in [2.75, 3.05) is 11.5 Å². The molecule has 0 atom stereocenters. The van der Waals surface area contributed by atoms with E-state index in [0.717, 1.165) is 22.3 Å². The number of nitrogens with two attached hydrogens (primary N) is 2. The molecule has 112 valence electrons. The third-order valence-electron chi connectivity index (χ3n) is 2.76. The van der Waals surface area contributed by atoms with Gasteiger partial charge in [-0.15, -0.1) is 0 Å². The van der Waals surface area contributed by atoms with Crippen LogP contribution in [0.4, 0.5) is 11.5 Å². The van der Waals surface area contributed by atoms with E-state index >= 15 is 0 Å². The first-order valence-electron chi connectivity index (χ1n) is 7.32. The summed E-state index contributed by atoms with van der Waals surface area (Å²) in [7, 11) is 0. The van der Waals surface area contributed by atoms with Crippen LogP contribution in [0.1, 0.15) is 27.7 Å². The largest absolute Gasteiger partial charge is 0.399 e. The first-order chi connectivity index (χ1) is 10.2. The van der Waals surface area contributed by atoms with E-state index in [9.17, 15) is 0 Å². The summed E-state index contributed by atoms with van der Waals surface area (Å²) < 4.78 is 2.06. The van der Waals surface area contributed by atoms with Crippen molar-refractivity contribution in [3.63, 3.8) is 0 Å². The highest BCUT2D eigenvalue weighted by atomic mass is 15.0. The van der Waals surface area contributed by atoms with Crippen molar-refractivity contribution in [1.29, 1.82) is 0 Å². The second-order valence-electron chi connectivity index (χ2n) is 3.95. The molecule has 3 rings (SSSR count). The lowest BCUT2D eigenvalue weighted by Gasteiger charge is -2.05. The van der Waals surface area contributed by atoms with Crippen LogP contribution in [-0.2, 0) is 0 Å². The standard InChI is InChI=1S/C13H12N4.2C2H6/c14-10-1-3-12-9(7-10)5-6-17(12)11-2-4-13(15)16-8-11;2*1-2/h1-8H,14H2,(H2,15,16);2*1-2H3. The van der Waals surface area contributed by atoms with Crippen molar-refractivity contribution in [3.8, 4) is 5.69 Å². The Morgan fingerprint density at radius 1 is 0.905 bits per heavy atom. The Labute approximate surface area is 126 Å². The van der Waals surface area contributed by atoms with Gasteiger partial charge in [-0.3, -0.25) is 0 Å². The highest BCUT2D eigenvalue weighted by Gasteiger charge is 2.03. The summed E-state index contributed by atoms with van der Waals surface area (Å²) in [5, 5.41) is 1.11. The van der Waals surface area contributed by atoms with Crippen LogP contribution in [0.3, 0.4) is 0 Å². The summed E-state index contributed by atoms with van der Waals surface area (Å²) in [5.74, 6) is 0.523. The van der Waals surface area contributed by atoms with Crippen LogP contribution in [0.5, 0.6) is 0 Å². The Morgan fingerprint density at radius 3 is 2.24 bits per heavy atom. The molecule has 0 spiro atoms. The SMILES string of the molecule is CC.CC.Nc1ccc2c(ccn2-c2ccc(N)nc2)c1. The zero-order valence-electron chi connectivity index (χ0n) is 13.2. The summed E-state index contributed by atoms with van der Waals surface area (Å²) in [5.41, 5.74) is 14.2. The predicted octanol–water partition coefficient (Wildman–Crippen LogP) is 4.24. The molecule has 0 aliphatic carbocycles. The molecule has 4 nitrogen and oxygen atoms in total. The maximum atomic E-state index is 5.75. The van der Waals surface area contributed by atoms with E-state index in [1.807, 2.05) is 64.2 Å². The molecule has 3 aromatic rings. The van der Waals surface area contributed by atoms with E-state index in [0.29, 0.717) is 5.82 Å². The fraction of sp³-hybridized carbons (Fsp3) is 0.235. The summed E-state index contributed by atoms with van der Waals surface area (Å²) in [6, 6.07) is 11.6. The molecule has 0 saturated carbocycles. The summed E-state index contributed by atoms with van der Waals surface area (Å²) in [6.07, 6.45) is 3.75. The molecule has 0 aliphatic heterocycles. The second kappa shape index (κ2) is 7.94. The number of aromatic nitrogens is 2. The Kier molecular flexibility index (Phi) is 6.27. The van der Waals surface area contributed by atoms with Crippen molar-refractivity contribution in [1.82, 2.24) is 9.55 Å². The van der Waals surface area contributed by atoms with Gasteiger partial charge in [0.25, 0.3) is 0 Å². The molecule has 4 N–H and O–H groups in total. The van der Waals surface area contributed by atoms with Crippen molar-refractivity contribution in [2.24, 2.45) is 0 Å². The van der Waals surface area contributed by atoms with Crippen molar-refractivity contribution < 1.29 is 0 Å². The molecule has 2 aromatic heterocycles. The topological polar surface area (TPSA) is 69.9 Å². The number of rotatable bonds is 1. The van der Waals surface area contributed by atoms with Crippen LogP contribution in [0.2, 0.25) is 0 Å². The first kappa shape index (κ1) is 16.6. The van der Waals surface area contributed by atoms with E-state index in [-0.39, 0.29) is 0 Å². The molecule has 1 aromatic carbocycles. The van der Waals surface area contributed by atoms with Gasteiger partial charge >= 0.3 is 0 Å². The van der Waals surface area contributed by atoms with Gasteiger partial charge in [0.2, 0.25) is 0 Å². The van der Waals surface area contributed by atoms with Gasteiger partial charge in [0, 0.05) is 17.3 Å². The number of pyridine rings is 1. The summed E-state index contributed by atoms with van der Waals surface area (Å²) in [6.45, 7) is 8.00. The predicted molar refractivity (Wildman–Crippen MR) is 92.6 cm³/mol. The van der Waals surface area contributed by atoms with Gasteiger partial charge in [0.1, 0.15) is 5.82 Å². The van der Waals surface area contributed by atoms with Gasteiger partial charge in [0.05, 0.1) is 17.4 Å². The number of nitrogens with zero attached hydrogens (tertiary/aromatic N) is 2. The molecule has 0 saturated heterocycles. The summed E-state index contributed by atoms with van der Waals surface area (Å²) >= 11 is 0. The maximum absolute atomic E-state index is 5.75. The number of benzene rings is 1. The minimum Gasteiger partial charge on any atom is -0.399 e. The maximum Gasteiger partial charge on any atom is 0.123 e. The quantitative estimate of drug-likeness (QED) is 0.656. The van der Waals surface area contributed by atoms with Crippen molar-refractivity contribution in [3.05, 3.63) is 48.8 Å². The second-order valence-corrected chi connectivity index (χ2v) is 3.95. The zero-order valence-corrected chi connectivity index (χ0v) is 13.2. The smallest absolute Gasteiger partial charge is 0.123 e. The zero-order chi connectivity index (χ0) is 15.8. The van der Waals surface area contributed by atoms with Crippen LogP contribution in [0.15, 0.2) is 48.8 Å². The van der Waals surface area contributed by atoms with Gasteiger partial charge in [-0.2, -0.15) is 0 Å². The highest BCUT2D eigenvalue weighted by Crippen LogP contribution is 2.22. The molecular weight excluding hydrogens is 260 g/mol. The Bertz CT molecular complexity index is 669. The number of nitrogen functional groups attached to an aromatic ring is 2. The molecule has 0 bridgehead atoms. The van der Waals surface area contributed by atoms with Gasteiger partial charge in [0.15, 0.2) is 0 Å². The van der Waals surface area contributed by atoms with E-state index in [4.69, 9.17) is 11.5 Å². The molecule has 0 radical (unpaired) electrons. The minimum absolute atomic E-state index is 0.523. The van der Waals surface area contributed by atoms with Gasteiger partial charge < -0.3 is 16.0 Å². The van der Waals surface area contributed by atoms with Crippen molar-refractivity contribution in [2.45, 2.75) is 27.7 Å². The van der Waals surface area contributed by atoms with E-state index < -0.39 is 0 Å². The number of hydrogen-bond acceptors (Lipinski definition) is 3. The molecule has 4 heteroatoms. The summed E-state index contributed by atoms with van der Waals surface area (Å²) in [4.78, 5) is 4.09. The Hall–Kier alpha value is -2.49. The van der Waals surface area contributed by atoms with Gasteiger partial charge in [-0.1, -0.05) is 27.7 Å². The lowest BCUT2D eigenvalue weighted by atomic mass is 10.2. The molecule has 0 amide bonds. The van der Waals surface area contributed by atoms with E-state index in [2.05, 4.69) is 9.55 Å². The fourth-order valence-corrected chi connectivity index (χ4v) is 1.93. The lowest BCUT2D eigenvalue weighted by Crippen LogP contribution is -1.95. The van der Waals surface area contributed by atoms with Crippen LogP contribution in [-0.4, -0.2) is 9.55 Å². The molecule has 2 heterocycles. The van der Waals surface area contributed by atoms with Gasteiger partial charge in [-0.05, 0) is 36.4 Å². The third kappa shape index (κ3) is 3.75. The number of fused-ring (bicyclic) bond motifs is 1. The molecule has 0 fully saturated rings. The van der Waals surface area contributed by atoms with Crippen LogP contribution < -0.4 is 11.5 Å². The Morgan fingerprint density at radius 2 is 1.62 bits per heavy atom. The average molecular weight is 284 g/mol. The van der Waals surface area contributed by atoms with E-state index in [1.165, 1.54) is 0 Å². The number of hydrogen-bond donors (Lipinski definition) is 2. The molecule has 0 unspecified atom stereocenters. The van der Waals surface area contributed by atoms with E-state index in [1.54, 1.807) is 12.3 Å².